The fourth-order valence-electron chi connectivity index (χ4n) is 4.47. The monoisotopic (exact) mass is 431 g/mol. The van der Waals surface area contributed by atoms with E-state index in [9.17, 15) is 4.79 Å². The van der Waals surface area contributed by atoms with Crippen molar-refractivity contribution in [3.63, 3.8) is 0 Å². The highest BCUT2D eigenvalue weighted by Gasteiger charge is 2.40. The van der Waals surface area contributed by atoms with Gasteiger partial charge >= 0.3 is 0 Å². The van der Waals surface area contributed by atoms with E-state index in [1.165, 1.54) is 5.56 Å². The number of hydrogen-bond acceptors (Lipinski definition) is 3. The van der Waals surface area contributed by atoms with Crippen LogP contribution in [-0.4, -0.2) is 54.0 Å². The second-order valence-electron chi connectivity index (χ2n) is 8.67. The molecule has 0 aliphatic carbocycles. The van der Waals surface area contributed by atoms with Gasteiger partial charge in [-0.2, -0.15) is 0 Å². The Balaban J connectivity index is 1.35. The normalized spacial score (nSPS) is 19.4. The molecule has 0 aromatic heterocycles. The van der Waals surface area contributed by atoms with Gasteiger partial charge in [0.05, 0.1) is 6.54 Å². The summed E-state index contributed by atoms with van der Waals surface area (Å²) in [5, 5.41) is 1.50. The Labute approximate surface area is 183 Å². The Kier molecular flexibility index (Phi) is 5.90. The van der Waals surface area contributed by atoms with E-state index in [0.717, 1.165) is 60.4 Å². The molecule has 2 aromatic rings. The van der Waals surface area contributed by atoms with Gasteiger partial charge in [-0.25, -0.2) is 0 Å². The van der Waals surface area contributed by atoms with Gasteiger partial charge in [-0.05, 0) is 61.7 Å². The van der Waals surface area contributed by atoms with Gasteiger partial charge in [0.25, 0.3) is 0 Å². The van der Waals surface area contributed by atoms with Crippen LogP contribution in [0.3, 0.4) is 0 Å². The Morgan fingerprint density at radius 2 is 1.55 bits per heavy atom. The molecule has 0 saturated carbocycles. The summed E-state index contributed by atoms with van der Waals surface area (Å²) in [7, 11) is 0. The van der Waals surface area contributed by atoms with Gasteiger partial charge in [0.1, 0.15) is 0 Å². The molecule has 2 aliphatic rings. The molecular weight excluding hydrogens is 405 g/mol. The van der Waals surface area contributed by atoms with Crippen LogP contribution in [0, 0.1) is 0 Å². The fourth-order valence-corrected chi connectivity index (χ4v) is 4.79. The molecule has 1 fully saturated rings. The quantitative estimate of drug-likeness (QED) is 0.713. The zero-order chi connectivity index (χ0) is 20.6. The highest BCUT2D eigenvalue weighted by molar-refractivity contribution is 6.31. The summed E-state index contributed by atoms with van der Waals surface area (Å²) in [6, 6.07) is 13.9. The number of carbonyl (C=O) groups is 1. The van der Waals surface area contributed by atoms with Gasteiger partial charge in [-0.3, -0.25) is 14.6 Å². The fraction of sp³-hybridized carbons (Fsp3) is 0.435. The molecular formula is C23H27Cl2N3O. The second-order valence-corrected chi connectivity index (χ2v) is 9.54. The van der Waals surface area contributed by atoms with Crippen LogP contribution in [0.1, 0.15) is 25.0 Å². The van der Waals surface area contributed by atoms with Gasteiger partial charge in [-0.1, -0.05) is 35.3 Å². The first-order valence-electron chi connectivity index (χ1n) is 10.1. The number of anilines is 1. The van der Waals surface area contributed by atoms with Crippen molar-refractivity contribution in [1.82, 2.24) is 9.80 Å². The number of benzene rings is 2. The lowest BCUT2D eigenvalue weighted by atomic mass is 9.99. The minimum atomic E-state index is -0.222. The summed E-state index contributed by atoms with van der Waals surface area (Å²) in [6.07, 6.45) is 0.837. The van der Waals surface area contributed by atoms with Crippen LogP contribution in [0.4, 0.5) is 5.69 Å². The molecule has 4 rings (SSSR count). The first-order valence-corrected chi connectivity index (χ1v) is 10.9. The zero-order valence-electron chi connectivity index (χ0n) is 17.0. The lowest BCUT2D eigenvalue weighted by Crippen LogP contribution is -2.53. The Bertz CT molecular complexity index is 889. The summed E-state index contributed by atoms with van der Waals surface area (Å²) < 4.78 is 0. The molecule has 4 nitrogen and oxygen atoms in total. The molecule has 0 spiro atoms. The molecule has 0 bridgehead atoms. The van der Waals surface area contributed by atoms with E-state index in [-0.39, 0.29) is 11.4 Å². The number of fused-ring (bicyclic) bond motifs is 1. The van der Waals surface area contributed by atoms with Crippen molar-refractivity contribution < 1.29 is 4.79 Å². The maximum Gasteiger partial charge on any atom is 0.241 e. The van der Waals surface area contributed by atoms with Crippen molar-refractivity contribution >= 4 is 34.8 Å². The van der Waals surface area contributed by atoms with E-state index in [4.69, 9.17) is 23.2 Å². The van der Waals surface area contributed by atoms with E-state index in [2.05, 4.69) is 35.8 Å². The smallest absolute Gasteiger partial charge is 0.241 e. The number of hydrogen-bond donors (Lipinski definition) is 0. The molecule has 6 heteroatoms. The molecule has 0 unspecified atom stereocenters. The Hall–Kier alpha value is -1.59. The molecule has 2 heterocycles. The van der Waals surface area contributed by atoms with E-state index in [1.807, 2.05) is 35.2 Å². The lowest BCUT2D eigenvalue weighted by molar-refractivity contribution is -0.121. The first-order chi connectivity index (χ1) is 13.8. The Morgan fingerprint density at radius 3 is 2.24 bits per heavy atom. The third-order valence-electron chi connectivity index (χ3n) is 5.90. The van der Waals surface area contributed by atoms with Crippen LogP contribution in [0.25, 0.3) is 0 Å². The van der Waals surface area contributed by atoms with Gasteiger partial charge in [-0.15, -0.1) is 0 Å². The minimum absolute atomic E-state index is 0.169. The first kappa shape index (κ1) is 20.7. The van der Waals surface area contributed by atoms with Crippen molar-refractivity contribution in [2.75, 3.05) is 37.6 Å². The van der Waals surface area contributed by atoms with E-state index in [0.29, 0.717) is 6.54 Å². The number of nitrogens with zero attached hydrogens (tertiary/aromatic N) is 3. The highest BCUT2D eigenvalue weighted by atomic mass is 35.5. The van der Waals surface area contributed by atoms with Gasteiger partial charge in [0, 0.05) is 54.0 Å². The molecule has 0 atom stereocenters. The van der Waals surface area contributed by atoms with Crippen molar-refractivity contribution in [3.05, 3.63) is 63.6 Å². The predicted molar refractivity (Wildman–Crippen MR) is 120 cm³/mol. The molecule has 2 aromatic carbocycles. The summed E-state index contributed by atoms with van der Waals surface area (Å²) in [5.41, 5.74) is 3.21. The summed E-state index contributed by atoms with van der Waals surface area (Å²) in [5.74, 6) is 0.169. The topological polar surface area (TPSA) is 26.8 Å². The second kappa shape index (κ2) is 8.27. The molecule has 154 valence electrons. The van der Waals surface area contributed by atoms with Crippen LogP contribution in [0.2, 0.25) is 10.0 Å². The third kappa shape index (κ3) is 4.61. The molecule has 0 N–H and O–H groups in total. The number of halogens is 2. The maximum absolute atomic E-state index is 13.2. The molecule has 1 saturated heterocycles. The van der Waals surface area contributed by atoms with Crippen LogP contribution in [-0.2, 0) is 17.8 Å². The number of rotatable bonds is 4. The van der Waals surface area contributed by atoms with Crippen LogP contribution >= 0.6 is 23.2 Å². The van der Waals surface area contributed by atoms with Crippen molar-refractivity contribution in [2.45, 2.75) is 32.4 Å². The van der Waals surface area contributed by atoms with Crippen molar-refractivity contribution in [3.8, 4) is 0 Å². The summed E-state index contributed by atoms with van der Waals surface area (Å²) in [4.78, 5) is 19.9. The SMILES string of the molecule is CC1(C)Cc2cc(Cl)ccc2N1C(=O)CN1CCN(Cc2ccc(Cl)cc2)CC1. The van der Waals surface area contributed by atoms with Gasteiger partial charge in [0.2, 0.25) is 5.91 Å². The molecule has 29 heavy (non-hydrogen) atoms. The van der Waals surface area contributed by atoms with Gasteiger partial charge in [0.15, 0.2) is 0 Å². The van der Waals surface area contributed by atoms with Crippen molar-refractivity contribution in [2.24, 2.45) is 0 Å². The molecule has 0 radical (unpaired) electrons. The van der Waals surface area contributed by atoms with Crippen molar-refractivity contribution in [1.29, 1.82) is 0 Å². The van der Waals surface area contributed by atoms with E-state index >= 15 is 0 Å². The van der Waals surface area contributed by atoms with E-state index < -0.39 is 0 Å². The maximum atomic E-state index is 13.2. The summed E-state index contributed by atoms with van der Waals surface area (Å²) in [6.45, 7) is 9.37. The van der Waals surface area contributed by atoms with Crippen LogP contribution in [0.5, 0.6) is 0 Å². The van der Waals surface area contributed by atoms with Gasteiger partial charge < -0.3 is 4.90 Å². The number of amides is 1. The number of piperazine rings is 1. The molecule has 1 amide bonds. The number of carbonyl (C=O) groups excluding carboxylic acids is 1. The highest BCUT2D eigenvalue weighted by Crippen LogP contribution is 2.40. The standard InChI is InChI=1S/C23H27Cl2N3O/c1-23(2)14-18-13-20(25)7-8-21(18)28(23)22(29)16-27-11-9-26(10-12-27)15-17-3-5-19(24)6-4-17/h3-8,13H,9-12,14-16H2,1-2H3. The summed E-state index contributed by atoms with van der Waals surface area (Å²) >= 11 is 12.1. The Morgan fingerprint density at radius 1 is 0.931 bits per heavy atom. The minimum Gasteiger partial charge on any atom is -0.305 e. The van der Waals surface area contributed by atoms with Crippen LogP contribution < -0.4 is 4.90 Å². The lowest BCUT2D eigenvalue weighted by Gasteiger charge is -2.37. The van der Waals surface area contributed by atoms with E-state index in [1.54, 1.807) is 0 Å². The molecule has 2 aliphatic heterocycles. The largest absolute Gasteiger partial charge is 0.305 e. The zero-order valence-corrected chi connectivity index (χ0v) is 18.5. The van der Waals surface area contributed by atoms with Crippen LogP contribution in [0.15, 0.2) is 42.5 Å². The third-order valence-corrected chi connectivity index (χ3v) is 6.39. The predicted octanol–water partition coefficient (Wildman–Crippen LogP) is 4.48. The average molecular weight is 432 g/mol. The average Bonchev–Trinajstić information content (AvgIpc) is 2.94.